The van der Waals surface area contributed by atoms with E-state index in [4.69, 9.17) is 0 Å². The van der Waals surface area contributed by atoms with Crippen LogP contribution in [-0.2, 0) is 6.18 Å². The summed E-state index contributed by atoms with van der Waals surface area (Å²) in [5.41, 5.74) is 1.13. The van der Waals surface area contributed by atoms with Crippen molar-refractivity contribution in [2.75, 3.05) is 26.7 Å². The third-order valence-electron chi connectivity index (χ3n) is 5.04. The fraction of sp³-hybridized carbons (Fsp3) is 0.632. The fourth-order valence-corrected chi connectivity index (χ4v) is 3.36. The SMILES string of the molecule is CCN1CCN([C@H](C)c2cccc(C(F)(F)F)c2)N(C)[C@H](C)CC(C)=N1. The van der Waals surface area contributed by atoms with Crippen molar-refractivity contribution in [2.45, 2.75) is 52.4 Å². The summed E-state index contributed by atoms with van der Waals surface area (Å²) in [5, 5.41) is 11.0. The van der Waals surface area contributed by atoms with E-state index in [0.717, 1.165) is 31.3 Å². The lowest BCUT2D eigenvalue weighted by molar-refractivity contribution is -0.137. The van der Waals surface area contributed by atoms with E-state index in [1.54, 1.807) is 6.07 Å². The zero-order chi connectivity index (χ0) is 19.5. The largest absolute Gasteiger partial charge is 0.416 e. The minimum absolute atomic E-state index is 0.165. The third kappa shape index (κ3) is 4.98. The fourth-order valence-electron chi connectivity index (χ4n) is 3.36. The molecule has 0 saturated carbocycles. The van der Waals surface area contributed by atoms with Crippen LogP contribution in [0.15, 0.2) is 29.4 Å². The zero-order valence-corrected chi connectivity index (χ0v) is 16.2. The first-order valence-electron chi connectivity index (χ1n) is 9.09. The second kappa shape index (κ2) is 8.39. The number of rotatable bonds is 3. The molecular weight excluding hydrogens is 341 g/mol. The Morgan fingerprint density at radius 1 is 1.27 bits per heavy atom. The van der Waals surface area contributed by atoms with Gasteiger partial charge in [0, 0.05) is 44.4 Å². The highest BCUT2D eigenvalue weighted by Gasteiger charge is 2.32. The molecule has 0 saturated heterocycles. The van der Waals surface area contributed by atoms with Gasteiger partial charge in [0.1, 0.15) is 0 Å². The number of hydrogen-bond acceptors (Lipinski definition) is 4. The van der Waals surface area contributed by atoms with E-state index in [2.05, 4.69) is 29.0 Å². The maximum atomic E-state index is 13.1. The van der Waals surface area contributed by atoms with Gasteiger partial charge in [0.2, 0.25) is 0 Å². The molecule has 7 heteroatoms. The van der Waals surface area contributed by atoms with E-state index >= 15 is 0 Å². The standard InChI is InChI=1S/C19H29F3N4/c1-6-25-10-11-26(24(5)15(3)12-14(2)23-25)16(4)17-8-7-9-18(13-17)19(20,21)22/h7-9,13,15-16H,6,10-12H2,1-5H3/t15-,16-/m1/s1. The van der Waals surface area contributed by atoms with Gasteiger partial charge in [0.15, 0.2) is 0 Å². The number of likely N-dealkylation sites (N-methyl/N-ethyl adjacent to an activating group) is 1. The van der Waals surface area contributed by atoms with E-state index in [-0.39, 0.29) is 12.1 Å². The molecule has 1 aliphatic heterocycles. The molecule has 0 aromatic heterocycles. The van der Waals surface area contributed by atoms with Crippen LogP contribution in [-0.4, -0.2) is 53.5 Å². The molecule has 2 atom stereocenters. The third-order valence-corrected chi connectivity index (χ3v) is 5.04. The van der Waals surface area contributed by atoms with Gasteiger partial charge < -0.3 is 0 Å². The lowest BCUT2D eigenvalue weighted by Gasteiger charge is -2.40. The van der Waals surface area contributed by atoms with Gasteiger partial charge >= 0.3 is 6.18 Å². The number of halogens is 3. The molecule has 1 aromatic carbocycles. The smallest absolute Gasteiger partial charge is 0.296 e. The summed E-state index contributed by atoms with van der Waals surface area (Å²) in [6.07, 6.45) is -3.51. The first-order chi connectivity index (χ1) is 12.1. The number of nitrogens with zero attached hydrogens (tertiary/aromatic N) is 4. The molecule has 2 rings (SSSR count). The summed E-state index contributed by atoms with van der Waals surface area (Å²) < 4.78 is 39.2. The topological polar surface area (TPSA) is 22.1 Å². The Balaban J connectivity index is 2.29. The Kier molecular flexibility index (Phi) is 6.69. The molecular formula is C19H29F3N4. The molecule has 0 radical (unpaired) electrons. The van der Waals surface area contributed by atoms with Crippen molar-refractivity contribution in [2.24, 2.45) is 5.10 Å². The van der Waals surface area contributed by atoms with Crippen molar-refractivity contribution < 1.29 is 13.2 Å². The van der Waals surface area contributed by atoms with Crippen LogP contribution in [0.2, 0.25) is 0 Å². The van der Waals surface area contributed by atoms with E-state index in [1.165, 1.54) is 12.1 Å². The van der Waals surface area contributed by atoms with Crippen LogP contribution in [0.1, 0.15) is 51.3 Å². The zero-order valence-electron chi connectivity index (χ0n) is 16.2. The number of alkyl halides is 3. The van der Waals surface area contributed by atoms with Gasteiger partial charge in [-0.1, -0.05) is 12.1 Å². The molecule has 0 amide bonds. The predicted octanol–water partition coefficient (Wildman–Crippen LogP) is 4.41. The van der Waals surface area contributed by atoms with Gasteiger partial charge in [-0.3, -0.25) is 5.01 Å². The monoisotopic (exact) mass is 370 g/mol. The van der Waals surface area contributed by atoms with Gasteiger partial charge in [-0.15, -0.1) is 0 Å². The van der Waals surface area contributed by atoms with Crippen LogP contribution < -0.4 is 0 Å². The summed E-state index contributed by atoms with van der Waals surface area (Å²) in [7, 11) is 2.00. The normalized spacial score (nSPS) is 22.4. The molecule has 1 aliphatic rings. The lowest BCUT2D eigenvalue weighted by Crippen LogP contribution is -2.48. The molecule has 1 heterocycles. The summed E-state index contributed by atoms with van der Waals surface area (Å²) in [5.74, 6) is 0. The van der Waals surface area contributed by atoms with Gasteiger partial charge in [-0.2, -0.15) is 18.3 Å². The Labute approximate surface area is 154 Å². The van der Waals surface area contributed by atoms with E-state index < -0.39 is 11.7 Å². The van der Waals surface area contributed by atoms with Gasteiger partial charge in [0.25, 0.3) is 0 Å². The average molecular weight is 370 g/mol. The Morgan fingerprint density at radius 2 is 1.96 bits per heavy atom. The van der Waals surface area contributed by atoms with Crippen LogP contribution in [0.4, 0.5) is 13.2 Å². The minimum atomic E-state index is -4.33. The van der Waals surface area contributed by atoms with Gasteiger partial charge in [0.05, 0.1) is 12.1 Å². The van der Waals surface area contributed by atoms with Crippen LogP contribution in [0.25, 0.3) is 0 Å². The molecule has 26 heavy (non-hydrogen) atoms. The van der Waals surface area contributed by atoms with Gasteiger partial charge in [-0.05, 0) is 45.4 Å². The first-order valence-corrected chi connectivity index (χ1v) is 9.09. The number of hydrazine groups is 1. The summed E-state index contributed by atoms with van der Waals surface area (Å²) in [6, 6.07) is 5.68. The molecule has 0 unspecified atom stereocenters. The first kappa shape index (κ1) is 20.7. The second-order valence-corrected chi connectivity index (χ2v) is 6.97. The maximum absolute atomic E-state index is 13.1. The quantitative estimate of drug-likeness (QED) is 0.787. The molecule has 0 N–H and O–H groups in total. The lowest BCUT2D eigenvalue weighted by atomic mass is 10.0. The molecule has 0 bridgehead atoms. The van der Waals surface area contributed by atoms with Crippen molar-refractivity contribution in [3.05, 3.63) is 35.4 Å². The number of hydrazone groups is 1. The van der Waals surface area contributed by atoms with Crippen molar-refractivity contribution in [3.8, 4) is 0 Å². The van der Waals surface area contributed by atoms with E-state index in [0.29, 0.717) is 12.1 Å². The van der Waals surface area contributed by atoms with Crippen molar-refractivity contribution in [1.82, 2.24) is 15.0 Å². The summed E-state index contributed by atoms with van der Waals surface area (Å²) in [6.45, 7) is 10.4. The molecule has 0 fully saturated rings. The average Bonchev–Trinajstić information content (AvgIpc) is 2.63. The molecule has 0 aliphatic carbocycles. The van der Waals surface area contributed by atoms with Crippen LogP contribution in [0.5, 0.6) is 0 Å². The van der Waals surface area contributed by atoms with Crippen molar-refractivity contribution in [1.29, 1.82) is 0 Å². The molecule has 4 nitrogen and oxygen atoms in total. The highest BCUT2D eigenvalue weighted by molar-refractivity contribution is 5.82. The Bertz CT molecular complexity index is 629. The number of benzene rings is 1. The minimum Gasteiger partial charge on any atom is -0.296 e. The second-order valence-electron chi connectivity index (χ2n) is 6.97. The summed E-state index contributed by atoms with van der Waals surface area (Å²) in [4.78, 5) is 0. The molecule has 146 valence electrons. The van der Waals surface area contributed by atoms with Crippen molar-refractivity contribution in [3.63, 3.8) is 0 Å². The number of hydrogen-bond donors (Lipinski definition) is 0. The van der Waals surface area contributed by atoms with Crippen molar-refractivity contribution >= 4 is 5.71 Å². The van der Waals surface area contributed by atoms with Crippen LogP contribution >= 0.6 is 0 Å². The highest BCUT2D eigenvalue weighted by atomic mass is 19.4. The Morgan fingerprint density at radius 3 is 2.58 bits per heavy atom. The molecule has 0 spiro atoms. The van der Waals surface area contributed by atoms with Crippen LogP contribution in [0, 0.1) is 0 Å². The predicted molar refractivity (Wildman–Crippen MR) is 98.8 cm³/mol. The van der Waals surface area contributed by atoms with Gasteiger partial charge in [-0.25, -0.2) is 10.0 Å². The van der Waals surface area contributed by atoms with Crippen LogP contribution in [0.3, 0.4) is 0 Å². The van der Waals surface area contributed by atoms with E-state index in [1.807, 2.05) is 25.9 Å². The van der Waals surface area contributed by atoms with E-state index in [9.17, 15) is 13.2 Å². The summed E-state index contributed by atoms with van der Waals surface area (Å²) >= 11 is 0. The Hall–Kier alpha value is -1.60. The maximum Gasteiger partial charge on any atom is 0.416 e. The highest BCUT2D eigenvalue weighted by Crippen LogP contribution is 2.32. The molecule has 1 aromatic rings.